The summed E-state index contributed by atoms with van der Waals surface area (Å²) in [5.41, 5.74) is -0.540. The minimum Gasteiger partial charge on any atom is -0.480 e. The van der Waals surface area contributed by atoms with Gasteiger partial charge < -0.3 is 10.0 Å². The van der Waals surface area contributed by atoms with Crippen LogP contribution < -0.4 is 0 Å². The number of benzene rings is 2. The number of non-ortho nitro benzene ring substituents is 1. The molecular weight excluding hydrogens is 348 g/mol. The molecule has 1 fully saturated rings. The largest absolute Gasteiger partial charge is 0.480 e. The molecule has 1 saturated heterocycles. The van der Waals surface area contributed by atoms with Crippen molar-refractivity contribution in [1.29, 1.82) is 0 Å². The number of carbonyl (C=O) groups excluding carboxylic acids is 1. The monoisotopic (exact) mass is 368 g/mol. The molecule has 0 radical (unpaired) electrons. The summed E-state index contributed by atoms with van der Waals surface area (Å²) in [7, 11) is 0. The molecule has 3 rings (SSSR count). The van der Waals surface area contributed by atoms with Gasteiger partial charge in [-0.1, -0.05) is 42.5 Å². The summed E-state index contributed by atoms with van der Waals surface area (Å²) in [6.07, 6.45) is -0.197. The van der Waals surface area contributed by atoms with Crippen molar-refractivity contribution in [2.75, 3.05) is 0 Å². The second-order valence-corrected chi connectivity index (χ2v) is 6.97. The summed E-state index contributed by atoms with van der Waals surface area (Å²) >= 11 is 0. The Morgan fingerprint density at radius 1 is 1.19 bits per heavy atom. The first kappa shape index (κ1) is 18.6. The van der Waals surface area contributed by atoms with Crippen molar-refractivity contribution < 1.29 is 19.6 Å². The Balaban J connectivity index is 2.23. The minimum absolute atomic E-state index is 0.124. The molecule has 2 aromatic rings. The van der Waals surface area contributed by atoms with Crippen molar-refractivity contribution in [2.24, 2.45) is 0 Å². The molecule has 0 spiro atoms. The summed E-state index contributed by atoms with van der Waals surface area (Å²) in [5, 5.41) is 21.2. The number of carboxylic acid groups (broad SMARTS) is 1. The van der Waals surface area contributed by atoms with Gasteiger partial charge in [0.15, 0.2) is 0 Å². The van der Waals surface area contributed by atoms with Gasteiger partial charge in [0.2, 0.25) is 5.91 Å². The lowest BCUT2D eigenvalue weighted by molar-refractivity contribution is -0.384. The van der Waals surface area contributed by atoms with E-state index in [0.717, 1.165) is 5.56 Å². The number of nitro groups is 1. The molecule has 27 heavy (non-hydrogen) atoms. The second-order valence-electron chi connectivity index (χ2n) is 6.97. The Kier molecular flexibility index (Phi) is 4.70. The molecule has 140 valence electrons. The summed E-state index contributed by atoms with van der Waals surface area (Å²) in [5.74, 6) is -1.37. The molecule has 2 atom stereocenters. The van der Waals surface area contributed by atoms with Crippen molar-refractivity contribution in [3.8, 4) is 0 Å². The van der Waals surface area contributed by atoms with Crippen molar-refractivity contribution >= 4 is 17.6 Å². The second kappa shape index (κ2) is 6.83. The third kappa shape index (κ3) is 2.95. The fraction of sp³-hybridized carbons (Fsp3) is 0.300. The minimum atomic E-state index is -1.52. The SMILES string of the molecule is CC(C)N1C(=O)C[C@@](C(=O)O)(c2ccc([N+](=O)[O-])cc2)[C@H]1c1ccccc1. The third-order valence-corrected chi connectivity index (χ3v) is 5.11. The Labute approximate surface area is 156 Å². The normalized spacial score (nSPS) is 22.3. The van der Waals surface area contributed by atoms with Gasteiger partial charge in [-0.25, -0.2) is 0 Å². The summed E-state index contributed by atoms with van der Waals surface area (Å²) in [6, 6.07) is 13.6. The van der Waals surface area contributed by atoms with Crippen LogP contribution in [-0.4, -0.2) is 32.8 Å². The third-order valence-electron chi connectivity index (χ3n) is 5.11. The summed E-state index contributed by atoms with van der Waals surface area (Å²) in [6.45, 7) is 3.70. The van der Waals surface area contributed by atoms with Crippen molar-refractivity contribution in [1.82, 2.24) is 4.90 Å². The van der Waals surface area contributed by atoms with E-state index < -0.39 is 22.3 Å². The molecule has 0 saturated carbocycles. The molecule has 2 aromatic carbocycles. The van der Waals surface area contributed by atoms with Gasteiger partial charge in [0.25, 0.3) is 5.69 Å². The first-order valence-corrected chi connectivity index (χ1v) is 8.63. The van der Waals surface area contributed by atoms with E-state index in [9.17, 15) is 24.8 Å². The summed E-state index contributed by atoms with van der Waals surface area (Å²) in [4.78, 5) is 37.4. The maximum absolute atomic E-state index is 12.8. The molecule has 1 aliphatic rings. The van der Waals surface area contributed by atoms with Gasteiger partial charge in [0.05, 0.1) is 11.0 Å². The first-order valence-electron chi connectivity index (χ1n) is 8.63. The number of aliphatic carboxylic acids is 1. The van der Waals surface area contributed by atoms with Gasteiger partial charge in [-0.3, -0.25) is 19.7 Å². The van der Waals surface area contributed by atoms with E-state index in [0.29, 0.717) is 5.56 Å². The fourth-order valence-corrected chi connectivity index (χ4v) is 3.93. The smallest absolute Gasteiger partial charge is 0.317 e. The topological polar surface area (TPSA) is 101 Å². The number of carbonyl (C=O) groups is 2. The summed E-state index contributed by atoms with van der Waals surface area (Å²) < 4.78 is 0. The highest BCUT2D eigenvalue weighted by molar-refractivity contribution is 5.95. The van der Waals surface area contributed by atoms with E-state index in [1.54, 1.807) is 17.0 Å². The predicted molar refractivity (Wildman–Crippen MR) is 98.2 cm³/mol. The van der Waals surface area contributed by atoms with Gasteiger partial charge in [0, 0.05) is 24.6 Å². The molecule has 1 amide bonds. The molecule has 1 aliphatic heterocycles. The lowest BCUT2D eigenvalue weighted by atomic mass is 9.71. The van der Waals surface area contributed by atoms with Crippen molar-refractivity contribution in [3.05, 3.63) is 75.8 Å². The molecular formula is C20H20N2O5. The molecule has 1 heterocycles. The van der Waals surface area contributed by atoms with Crippen LogP contribution in [0.4, 0.5) is 5.69 Å². The van der Waals surface area contributed by atoms with Gasteiger partial charge in [-0.2, -0.15) is 0 Å². The van der Waals surface area contributed by atoms with Crippen molar-refractivity contribution in [3.63, 3.8) is 0 Å². The standard InChI is InChI=1S/C20H20N2O5/c1-13(2)21-17(23)12-20(19(24)25,18(21)14-6-4-3-5-7-14)15-8-10-16(11-9-15)22(26)27/h3-11,13,18H,12H2,1-2H3,(H,24,25)/t18-,20-/m1/s1. The fourth-order valence-electron chi connectivity index (χ4n) is 3.93. The molecule has 0 aromatic heterocycles. The van der Waals surface area contributed by atoms with E-state index in [-0.39, 0.29) is 24.1 Å². The maximum Gasteiger partial charge on any atom is 0.317 e. The zero-order chi connectivity index (χ0) is 19.8. The lowest BCUT2D eigenvalue weighted by Crippen LogP contribution is -2.44. The number of rotatable bonds is 5. The van der Waals surface area contributed by atoms with Gasteiger partial charge in [-0.05, 0) is 25.0 Å². The Hall–Kier alpha value is -3.22. The van der Waals surface area contributed by atoms with E-state index in [1.807, 2.05) is 32.0 Å². The van der Waals surface area contributed by atoms with Crippen LogP contribution in [0.5, 0.6) is 0 Å². The molecule has 0 aliphatic carbocycles. The first-order chi connectivity index (χ1) is 12.8. The maximum atomic E-state index is 12.8. The number of nitrogens with zero attached hydrogens (tertiary/aromatic N) is 2. The van der Waals surface area contributed by atoms with Gasteiger partial charge in [-0.15, -0.1) is 0 Å². The molecule has 0 bridgehead atoms. The average molecular weight is 368 g/mol. The number of amides is 1. The van der Waals surface area contributed by atoms with Crippen LogP contribution >= 0.6 is 0 Å². The average Bonchev–Trinajstić information content (AvgIpc) is 2.97. The number of nitro benzene ring substituents is 1. The number of carboxylic acids is 1. The number of likely N-dealkylation sites (tertiary alicyclic amines) is 1. The van der Waals surface area contributed by atoms with Gasteiger partial charge in [0.1, 0.15) is 5.41 Å². The van der Waals surface area contributed by atoms with Crippen LogP contribution in [0.2, 0.25) is 0 Å². The van der Waals surface area contributed by atoms with Crippen LogP contribution in [0, 0.1) is 10.1 Å². The van der Waals surface area contributed by atoms with Crippen LogP contribution in [0.25, 0.3) is 0 Å². The van der Waals surface area contributed by atoms with Crippen LogP contribution in [0.15, 0.2) is 54.6 Å². The van der Waals surface area contributed by atoms with E-state index in [1.165, 1.54) is 24.3 Å². The van der Waals surface area contributed by atoms with Crippen LogP contribution in [0.1, 0.15) is 37.4 Å². The lowest BCUT2D eigenvalue weighted by Gasteiger charge is -2.37. The van der Waals surface area contributed by atoms with E-state index >= 15 is 0 Å². The quantitative estimate of drug-likeness (QED) is 0.644. The highest BCUT2D eigenvalue weighted by Gasteiger charge is 2.59. The Morgan fingerprint density at radius 3 is 2.26 bits per heavy atom. The molecule has 0 unspecified atom stereocenters. The predicted octanol–water partition coefficient (Wildman–Crippen LogP) is 3.30. The van der Waals surface area contributed by atoms with Crippen LogP contribution in [0.3, 0.4) is 0 Å². The Morgan fingerprint density at radius 2 is 1.78 bits per heavy atom. The number of hydrogen-bond acceptors (Lipinski definition) is 4. The van der Waals surface area contributed by atoms with E-state index in [4.69, 9.17) is 0 Å². The molecule has 7 heteroatoms. The van der Waals surface area contributed by atoms with Crippen molar-refractivity contribution in [2.45, 2.75) is 37.8 Å². The van der Waals surface area contributed by atoms with Crippen LogP contribution in [-0.2, 0) is 15.0 Å². The highest BCUT2D eigenvalue weighted by atomic mass is 16.6. The Bertz CT molecular complexity index is 879. The van der Waals surface area contributed by atoms with E-state index in [2.05, 4.69) is 0 Å². The van der Waals surface area contributed by atoms with Gasteiger partial charge >= 0.3 is 5.97 Å². The number of hydrogen-bond donors (Lipinski definition) is 1. The zero-order valence-corrected chi connectivity index (χ0v) is 15.0. The molecule has 7 nitrogen and oxygen atoms in total. The molecule has 1 N–H and O–H groups in total. The zero-order valence-electron chi connectivity index (χ0n) is 15.0. The highest BCUT2D eigenvalue weighted by Crippen LogP contribution is 2.51.